The van der Waals surface area contributed by atoms with Crippen molar-refractivity contribution in [3.05, 3.63) is 12.2 Å². The maximum atomic E-state index is 15.0. The molecule has 0 unspecified atom stereocenters. The third-order valence-electron chi connectivity index (χ3n) is 6.08. The maximum absolute atomic E-state index is 15.0. The Morgan fingerprint density at radius 1 is 0.880 bits per heavy atom. The second-order valence-electron chi connectivity index (χ2n) is 8.67. The molecule has 4 bridgehead atoms. The molecule has 0 aromatic carbocycles. The minimum atomic E-state index is -4.97. The monoisotopic (exact) mass is 370 g/mol. The van der Waals surface area contributed by atoms with E-state index in [-0.39, 0.29) is 19.3 Å². The van der Waals surface area contributed by atoms with Gasteiger partial charge < -0.3 is 4.74 Å². The van der Waals surface area contributed by atoms with Crippen LogP contribution in [0, 0.1) is 5.41 Å². The third-order valence-corrected chi connectivity index (χ3v) is 6.08. The molecule has 0 aliphatic heterocycles. The maximum Gasteiger partial charge on any atom is 0.422 e. The number of alkyl halides is 6. The molecule has 0 heterocycles. The number of hydrogen-bond donors (Lipinski definition) is 0. The number of ether oxygens (including phenoxy) is 1. The lowest BCUT2D eigenvalue weighted by molar-refractivity contribution is -0.265. The summed E-state index contributed by atoms with van der Waals surface area (Å²) in [5.74, 6) is -1.71. The van der Waals surface area contributed by atoms with Crippen LogP contribution in [0.2, 0.25) is 0 Å². The summed E-state index contributed by atoms with van der Waals surface area (Å²) in [6.45, 7) is 5.25. The highest BCUT2D eigenvalue weighted by Gasteiger charge is 2.74. The Kier molecular flexibility index (Phi) is 3.52. The summed E-state index contributed by atoms with van der Waals surface area (Å²) in [5.41, 5.74) is -11.0. The van der Waals surface area contributed by atoms with Crippen molar-refractivity contribution in [1.82, 2.24) is 0 Å². The van der Waals surface area contributed by atoms with Crippen LogP contribution >= 0.6 is 0 Å². The first-order chi connectivity index (χ1) is 11.0. The molecule has 0 spiro atoms. The van der Waals surface area contributed by atoms with E-state index in [9.17, 15) is 18.0 Å². The van der Waals surface area contributed by atoms with Crippen LogP contribution < -0.4 is 0 Å². The molecule has 0 aromatic heterocycles. The van der Waals surface area contributed by atoms with E-state index in [1.54, 1.807) is 0 Å². The number of carbonyl (C=O) groups is 1. The first-order valence-electron chi connectivity index (χ1n) is 8.09. The quantitative estimate of drug-likeness (QED) is 0.400. The highest BCUT2D eigenvalue weighted by atomic mass is 19.4. The van der Waals surface area contributed by atoms with Gasteiger partial charge in [0, 0.05) is 24.7 Å². The van der Waals surface area contributed by atoms with Gasteiger partial charge in [0.1, 0.15) is 28.2 Å². The first-order valence-corrected chi connectivity index (χ1v) is 8.09. The Labute approximate surface area is 141 Å². The van der Waals surface area contributed by atoms with Crippen LogP contribution in [-0.2, 0) is 9.53 Å². The largest absolute Gasteiger partial charge is 0.455 e. The van der Waals surface area contributed by atoms with Gasteiger partial charge in [-0.3, -0.25) is 0 Å². The van der Waals surface area contributed by atoms with Crippen molar-refractivity contribution in [2.75, 3.05) is 0 Å². The minimum Gasteiger partial charge on any atom is -0.455 e. The average molecular weight is 370 g/mol. The van der Waals surface area contributed by atoms with Gasteiger partial charge in [0.2, 0.25) is 0 Å². The molecule has 4 rings (SSSR count). The van der Waals surface area contributed by atoms with Gasteiger partial charge >= 0.3 is 12.1 Å². The molecule has 0 aromatic rings. The second-order valence-corrected chi connectivity index (χ2v) is 8.67. The van der Waals surface area contributed by atoms with E-state index < -0.39 is 65.0 Å². The predicted octanol–water partition coefficient (Wildman–Crippen LogP) is 4.92. The molecule has 25 heavy (non-hydrogen) atoms. The Morgan fingerprint density at radius 2 is 1.24 bits per heavy atom. The van der Waals surface area contributed by atoms with Crippen LogP contribution in [0.4, 0.5) is 26.3 Å². The fourth-order valence-corrected chi connectivity index (χ4v) is 5.43. The molecule has 0 radical (unpaired) electrons. The highest BCUT2D eigenvalue weighted by molar-refractivity contribution is 5.89. The van der Waals surface area contributed by atoms with Crippen molar-refractivity contribution in [1.29, 1.82) is 0 Å². The number of carbonyl (C=O) groups excluding carboxylic acids is 1. The fraction of sp³-hybridized carbons (Fsp3) is 0.824. The topological polar surface area (TPSA) is 26.3 Å². The summed E-state index contributed by atoms with van der Waals surface area (Å²) < 4.78 is 88.0. The average Bonchev–Trinajstić information content (AvgIpc) is 2.29. The highest BCUT2D eigenvalue weighted by Crippen LogP contribution is 2.71. The van der Waals surface area contributed by atoms with Crippen LogP contribution in [0.3, 0.4) is 0 Å². The zero-order valence-corrected chi connectivity index (χ0v) is 14.0. The molecule has 4 aliphatic rings. The fourth-order valence-electron chi connectivity index (χ4n) is 5.43. The van der Waals surface area contributed by atoms with Gasteiger partial charge in [-0.1, -0.05) is 6.58 Å². The van der Waals surface area contributed by atoms with Crippen LogP contribution in [0.1, 0.15) is 52.4 Å². The SMILES string of the molecule is C=C(C(=O)OC(C)(C)C12CC3(F)CC(F)(CC(F)(C3)C1)C2)C(F)(F)F. The molecule has 8 heteroatoms. The van der Waals surface area contributed by atoms with Gasteiger partial charge in [0.05, 0.1) is 0 Å². The van der Waals surface area contributed by atoms with E-state index in [1.165, 1.54) is 13.8 Å². The number of halogens is 6. The Morgan fingerprint density at radius 3 is 1.56 bits per heavy atom. The van der Waals surface area contributed by atoms with Gasteiger partial charge in [0.25, 0.3) is 0 Å². The van der Waals surface area contributed by atoms with E-state index in [0.29, 0.717) is 0 Å². The molecule has 2 nitrogen and oxygen atoms in total. The standard InChI is InChI=1S/C17H20F6O2/c1-10(17(21,22)23)11(24)25-12(2,3)13-4-14(18)7-15(19,5-13)9-16(20,6-13)8-14/h1,4-9H2,2-3H3. The minimum absolute atomic E-state index is 0.240. The van der Waals surface area contributed by atoms with Gasteiger partial charge in [-0.05, 0) is 33.1 Å². The van der Waals surface area contributed by atoms with Gasteiger partial charge in [-0.15, -0.1) is 0 Å². The van der Waals surface area contributed by atoms with Crippen LogP contribution in [0.5, 0.6) is 0 Å². The van der Waals surface area contributed by atoms with Gasteiger partial charge in [-0.2, -0.15) is 13.2 Å². The van der Waals surface area contributed by atoms with E-state index >= 15 is 13.2 Å². The summed E-state index contributed by atoms with van der Waals surface area (Å²) in [6, 6.07) is 0. The van der Waals surface area contributed by atoms with Crippen molar-refractivity contribution in [2.24, 2.45) is 5.41 Å². The van der Waals surface area contributed by atoms with E-state index in [1.807, 2.05) is 0 Å². The molecule has 0 amide bonds. The number of hydrogen-bond acceptors (Lipinski definition) is 2. The second kappa shape index (κ2) is 4.74. The molecule has 4 aliphatic carbocycles. The lowest BCUT2D eigenvalue weighted by Crippen LogP contribution is -2.70. The smallest absolute Gasteiger partial charge is 0.422 e. The molecule has 142 valence electrons. The summed E-state index contributed by atoms with van der Waals surface area (Å²) in [5, 5.41) is 0. The lowest BCUT2D eigenvalue weighted by Gasteiger charge is -2.66. The molecular formula is C17H20F6O2. The van der Waals surface area contributed by atoms with Crippen LogP contribution in [0.25, 0.3) is 0 Å². The zero-order chi connectivity index (χ0) is 19.1. The Balaban J connectivity index is 1.92. The molecule has 0 atom stereocenters. The molecule has 0 saturated heterocycles. The van der Waals surface area contributed by atoms with E-state index in [2.05, 4.69) is 6.58 Å². The van der Waals surface area contributed by atoms with Crippen molar-refractivity contribution >= 4 is 5.97 Å². The van der Waals surface area contributed by atoms with Gasteiger partial charge in [-0.25, -0.2) is 18.0 Å². The number of rotatable bonds is 3. The van der Waals surface area contributed by atoms with Crippen molar-refractivity contribution in [2.45, 2.75) is 81.2 Å². The van der Waals surface area contributed by atoms with Crippen LogP contribution in [-0.4, -0.2) is 34.8 Å². The molecule has 0 N–H and O–H groups in total. The third kappa shape index (κ3) is 2.85. The summed E-state index contributed by atoms with van der Waals surface area (Å²) >= 11 is 0. The normalized spacial score (nSPS) is 43.2. The van der Waals surface area contributed by atoms with Crippen molar-refractivity contribution in [3.63, 3.8) is 0 Å². The molecule has 4 saturated carbocycles. The molecule has 4 fully saturated rings. The summed E-state index contributed by atoms with van der Waals surface area (Å²) in [6.07, 6.45) is -6.97. The Hall–Kier alpha value is -1.21. The Bertz CT molecular complexity index is 584. The summed E-state index contributed by atoms with van der Waals surface area (Å²) in [4.78, 5) is 11.8. The van der Waals surface area contributed by atoms with Crippen molar-refractivity contribution in [3.8, 4) is 0 Å². The van der Waals surface area contributed by atoms with Crippen molar-refractivity contribution < 1.29 is 35.9 Å². The van der Waals surface area contributed by atoms with Gasteiger partial charge in [0.15, 0.2) is 0 Å². The molecular weight excluding hydrogens is 350 g/mol. The first kappa shape index (κ1) is 18.6. The van der Waals surface area contributed by atoms with E-state index in [4.69, 9.17) is 4.74 Å². The van der Waals surface area contributed by atoms with E-state index in [0.717, 1.165) is 0 Å². The lowest BCUT2D eigenvalue weighted by atomic mass is 9.43. The van der Waals surface area contributed by atoms with Crippen LogP contribution in [0.15, 0.2) is 12.2 Å². The predicted molar refractivity (Wildman–Crippen MR) is 77.0 cm³/mol. The summed E-state index contributed by atoms with van der Waals surface area (Å²) in [7, 11) is 0. The number of esters is 1. The zero-order valence-electron chi connectivity index (χ0n) is 14.0.